The first-order chi connectivity index (χ1) is 14.9. The summed E-state index contributed by atoms with van der Waals surface area (Å²) in [7, 11) is 1.22. The van der Waals surface area contributed by atoms with Gasteiger partial charge in [0.05, 0.1) is 23.3 Å². The van der Waals surface area contributed by atoms with E-state index in [4.69, 9.17) is 4.42 Å². The van der Waals surface area contributed by atoms with Crippen LogP contribution in [-0.2, 0) is 9.53 Å². The predicted octanol–water partition coefficient (Wildman–Crippen LogP) is 4.19. The summed E-state index contributed by atoms with van der Waals surface area (Å²) in [4.78, 5) is 34.8. The molecule has 0 saturated carbocycles. The van der Waals surface area contributed by atoms with Crippen LogP contribution in [-0.4, -0.2) is 23.9 Å². The molecular weight excluding hydrogens is 402 g/mol. The number of nitriles is 1. The standard InChI is InChI=1S/C22H15N3O6/c1-30-22(27)18-7-2-3-8-19(18)24-21(26)15(13-23)12-17-9-10-20(31-17)14-5-4-6-16(11-14)25(28)29/h2-12H,1H3,(H,24,26). The molecule has 0 spiro atoms. The zero-order valence-electron chi connectivity index (χ0n) is 16.2. The number of hydrogen-bond acceptors (Lipinski definition) is 7. The summed E-state index contributed by atoms with van der Waals surface area (Å²) in [6.45, 7) is 0. The molecule has 154 valence electrons. The lowest BCUT2D eigenvalue weighted by molar-refractivity contribution is -0.384. The minimum absolute atomic E-state index is 0.0904. The molecule has 0 radical (unpaired) electrons. The van der Waals surface area contributed by atoms with Crippen LogP contribution in [0.15, 0.2) is 70.7 Å². The lowest BCUT2D eigenvalue weighted by Crippen LogP contribution is -2.16. The molecule has 1 amide bonds. The van der Waals surface area contributed by atoms with Crippen LogP contribution in [0.4, 0.5) is 11.4 Å². The number of nitrogens with one attached hydrogen (secondary N) is 1. The second-order valence-corrected chi connectivity index (χ2v) is 6.17. The number of nitrogens with zero attached hydrogens (tertiary/aromatic N) is 2. The average Bonchev–Trinajstić information content (AvgIpc) is 3.26. The molecule has 0 aliphatic rings. The average molecular weight is 417 g/mol. The van der Waals surface area contributed by atoms with E-state index in [9.17, 15) is 25.0 Å². The fourth-order valence-corrected chi connectivity index (χ4v) is 2.72. The van der Waals surface area contributed by atoms with E-state index in [0.29, 0.717) is 11.3 Å². The van der Waals surface area contributed by atoms with Crippen molar-refractivity contribution in [2.45, 2.75) is 0 Å². The van der Waals surface area contributed by atoms with Crippen molar-refractivity contribution in [2.75, 3.05) is 12.4 Å². The first-order valence-electron chi connectivity index (χ1n) is 8.88. The zero-order chi connectivity index (χ0) is 22.4. The Balaban J connectivity index is 1.84. The number of carbonyl (C=O) groups is 2. The fraction of sp³-hybridized carbons (Fsp3) is 0.0455. The molecule has 31 heavy (non-hydrogen) atoms. The Hall–Kier alpha value is -4.71. The molecule has 0 aliphatic heterocycles. The van der Waals surface area contributed by atoms with Crippen molar-refractivity contribution in [3.8, 4) is 17.4 Å². The molecule has 9 heteroatoms. The maximum atomic E-state index is 12.5. The van der Waals surface area contributed by atoms with Gasteiger partial charge in [-0.25, -0.2) is 4.79 Å². The highest BCUT2D eigenvalue weighted by Crippen LogP contribution is 2.27. The number of nitro groups is 1. The van der Waals surface area contributed by atoms with Gasteiger partial charge in [-0.1, -0.05) is 24.3 Å². The highest BCUT2D eigenvalue weighted by atomic mass is 16.6. The monoisotopic (exact) mass is 417 g/mol. The number of methoxy groups -OCH3 is 1. The van der Waals surface area contributed by atoms with Gasteiger partial charge in [0.25, 0.3) is 11.6 Å². The van der Waals surface area contributed by atoms with Crippen molar-refractivity contribution in [3.63, 3.8) is 0 Å². The number of nitro benzene ring substituents is 1. The van der Waals surface area contributed by atoms with Crippen molar-refractivity contribution >= 4 is 29.3 Å². The molecule has 0 unspecified atom stereocenters. The Bertz CT molecular complexity index is 1240. The number of non-ortho nitro benzene ring substituents is 1. The van der Waals surface area contributed by atoms with Crippen LogP contribution in [0.1, 0.15) is 16.1 Å². The van der Waals surface area contributed by atoms with Crippen LogP contribution in [0.25, 0.3) is 17.4 Å². The van der Waals surface area contributed by atoms with Crippen molar-refractivity contribution in [1.82, 2.24) is 0 Å². The minimum atomic E-state index is -0.743. The third kappa shape index (κ3) is 4.83. The van der Waals surface area contributed by atoms with Crippen molar-refractivity contribution in [3.05, 3.63) is 87.7 Å². The molecule has 0 fully saturated rings. The van der Waals surface area contributed by atoms with E-state index in [-0.39, 0.29) is 28.3 Å². The number of para-hydroxylation sites is 1. The Labute approximate surface area is 176 Å². The molecule has 0 atom stereocenters. The molecule has 3 rings (SSSR count). The number of rotatable bonds is 6. The number of ether oxygens (including phenoxy) is 1. The molecular formula is C22H15N3O6. The minimum Gasteiger partial charge on any atom is -0.465 e. The van der Waals surface area contributed by atoms with Gasteiger partial charge in [-0.2, -0.15) is 5.26 Å². The lowest BCUT2D eigenvalue weighted by atomic mass is 10.1. The Kier molecular flexibility index (Phi) is 6.23. The first-order valence-corrected chi connectivity index (χ1v) is 8.88. The predicted molar refractivity (Wildman–Crippen MR) is 111 cm³/mol. The normalized spacial score (nSPS) is 10.8. The van der Waals surface area contributed by atoms with Crippen molar-refractivity contribution in [1.29, 1.82) is 5.26 Å². The van der Waals surface area contributed by atoms with E-state index in [0.717, 1.165) is 0 Å². The molecule has 0 aliphatic carbocycles. The molecule has 2 aromatic carbocycles. The van der Waals surface area contributed by atoms with E-state index in [1.807, 2.05) is 0 Å². The van der Waals surface area contributed by atoms with E-state index < -0.39 is 16.8 Å². The second-order valence-electron chi connectivity index (χ2n) is 6.17. The third-order valence-corrected chi connectivity index (χ3v) is 4.20. The topological polar surface area (TPSA) is 135 Å². The molecule has 3 aromatic rings. The van der Waals surface area contributed by atoms with Gasteiger partial charge in [0.15, 0.2) is 0 Å². The highest BCUT2D eigenvalue weighted by molar-refractivity contribution is 6.11. The SMILES string of the molecule is COC(=O)c1ccccc1NC(=O)C(C#N)=Cc1ccc(-c2cccc([N+](=O)[O-])c2)o1. The number of anilines is 1. The summed E-state index contributed by atoms with van der Waals surface area (Å²) in [5.74, 6) is -0.837. The number of carbonyl (C=O) groups excluding carboxylic acids is 2. The number of benzene rings is 2. The summed E-state index contributed by atoms with van der Waals surface area (Å²) in [6.07, 6.45) is 1.23. The van der Waals surface area contributed by atoms with Gasteiger partial charge < -0.3 is 14.5 Å². The quantitative estimate of drug-likeness (QED) is 0.209. The summed E-state index contributed by atoms with van der Waals surface area (Å²) in [5, 5.41) is 22.8. The van der Waals surface area contributed by atoms with Crippen LogP contribution in [0.5, 0.6) is 0 Å². The highest BCUT2D eigenvalue weighted by Gasteiger charge is 2.17. The van der Waals surface area contributed by atoms with Crippen LogP contribution < -0.4 is 5.32 Å². The summed E-state index contributed by atoms with van der Waals surface area (Å²) in [5.41, 5.74) is 0.453. The van der Waals surface area contributed by atoms with E-state index in [2.05, 4.69) is 10.1 Å². The number of furan rings is 1. The van der Waals surface area contributed by atoms with Crippen LogP contribution in [0, 0.1) is 21.4 Å². The first kappa shape index (κ1) is 21.0. The Morgan fingerprint density at radius 3 is 2.65 bits per heavy atom. The molecule has 1 N–H and O–H groups in total. The van der Waals surface area contributed by atoms with Gasteiger partial charge in [0.2, 0.25) is 0 Å². The van der Waals surface area contributed by atoms with Gasteiger partial charge >= 0.3 is 5.97 Å². The fourth-order valence-electron chi connectivity index (χ4n) is 2.72. The molecule has 0 saturated heterocycles. The molecule has 0 bridgehead atoms. The van der Waals surface area contributed by atoms with Crippen molar-refractivity contribution in [2.24, 2.45) is 0 Å². The van der Waals surface area contributed by atoms with E-state index in [1.54, 1.807) is 30.3 Å². The summed E-state index contributed by atoms with van der Waals surface area (Å²) >= 11 is 0. The van der Waals surface area contributed by atoms with Crippen molar-refractivity contribution < 1.29 is 23.7 Å². The van der Waals surface area contributed by atoms with Gasteiger partial charge in [-0.05, 0) is 24.3 Å². The number of esters is 1. The van der Waals surface area contributed by atoms with Crippen LogP contribution in [0.3, 0.4) is 0 Å². The number of amides is 1. The second kappa shape index (κ2) is 9.19. The van der Waals surface area contributed by atoms with Gasteiger partial charge in [0, 0.05) is 23.8 Å². The van der Waals surface area contributed by atoms with Gasteiger partial charge in [-0.3, -0.25) is 14.9 Å². The largest absolute Gasteiger partial charge is 0.465 e. The maximum Gasteiger partial charge on any atom is 0.339 e. The molecule has 1 heterocycles. The maximum absolute atomic E-state index is 12.5. The summed E-state index contributed by atoms with van der Waals surface area (Å²) < 4.78 is 10.3. The molecule has 1 aromatic heterocycles. The lowest BCUT2D eigenvalue weighted by Gasteiger charge is -2.08. The van der Waals surface area contributed by atoms with Crippen LogP contribution in [0.2, 0.25) is 0 Å². The van der Waals surface area contributed by atoms with Gasteiger partial charge in [-0.15, -0.1) is 0 Å². The number of hydrogen-bond donors (Lipinski definition) is 1. The van der Waals surface area contributed by atoms with Gasteiger partial charge in [0.1, 0.15) is 23.2 Å². The Morgan fingerprint density at radius 1 is 1.16 bits per heavy atom. The van der Waals surface area contributed by atoms with Crippen LogP contribution >= 0.6 is 0 Å². The summed E-state index contributed by atoms with van der Waals surface area (Å²) in [6, 6.07) is 17.0. The molecule has 9 nitrogen and oxygen atoms in total. The zero-order valence-corrected chi connectivity index (χ0v) is 16.2. The van der Waals surface area contributed by atoms with E-state index >= 15 is 0 Å². The van der Waals surface area contributed by atoms with E-state index in [1.165, 1.54) is 49.6 Å². The third-order valence-electron chi connectivity index (χ3n) is 4.20. The Morgan fingerprint density at radius 2 is 1.94 bits per heavy atom. The smallest absolute Gasteiger partial charge is 0.339 e.